The molecule has 0 bridgehead atoms. The Morgan fingerprint density at radius 1 is 1.00 bits per heavy atom. The Bertz CT molecular complexity index is 1320. The van der Waals surface area contributed by atoms with Crippen LogP contribution in [0.2, 0.25) is 0 Å². The van der Waals surface area contributed by atoms with Gasteiger partial charge in [0.1, 0.15) is 0 Å². The minimum absolute atomic E-state index is 0.107. The van der Waals surface area contributed by atoms with E-state index < -0.39 is 11.7 Å². The summed E-state index contributed by atoms with van der Waals surface area (Å²) >= 11 is 0. The third kappa shape index (κ3) is 2.92. The molecule has 0 aliphatic carbocycles. The molecule has 1 aliphatic heterocycles. The van der Waals surface area contributed by atoms with E-state index in [-0.39, 0.29) is 5.75 Å². The van der Waals surface area contributed by atoms with Crippen molar-refractivity contribution in [1.82, 2.24) is 15.0 Å². The zero-order valence-electron chi connectivity index (χ0n) is 16.0. The maximum Gasteiger partial charge on any atom is 0.416 e. The van der Waals surface area contributed by atoms with Gasteiger partial charge in [0.2, 0.25) is 0 Å². The van der Waals surface area contributed by atoms with E-state index in [1.54, 1.807) is 13.1 Å². The van der Waals surface area contributed by atoms with E-state index in [1.807, 2.05) is 31.2 Å². The Morgan fingerprint density at radius 3 is 2.60 bits per heavy atom. The van der Waals surface area contributed by atoms with Crippen molar-refractivity contribution in [2.24, 2.45) is 0 Å². The first-order valence-corrected chi connectivity index (χ1v) is 9.21. The Hall–Kier alpha value is -3.68. The van der Waals surface area contributed by atoms with E-state index in [0.29, 0.717) is 39.5 Å². The predicted molar refractivity (Wildman–Crippen MR) is 107 cm³/mol. The Labute approximate surface area is 169 Å². The number of halogens is 3. The van der Waals surface area contributed by atoms with Crippen LogP contribution in [0, 0.1) is 13.8 Å². The van der Waals surface area contributed by atoms with Gasteiger partial charge in [-0.3, -0.25) is 4.98 Å². The van der Waals surface area contributed by atoms with Crippen molar-refractivity contribution in [2.45, 2.75) is 20.0 Å². The smallest absolute Gasteiger partial charge is 0.416 e. The molecule has 0 unspecified atom stereocenters. The van der Waals surface area contributed by atoms with Crippen LogP contribution in [-0.4, -0.2) is 15.0 Å². The molecule has 1 N–H and O–H groups in total. The van der Waals surface area contributed by atoms with Crippen molar-refractivity contribution in [3.63, 3.8) is 0 Å². The normalized spacial score (nSPS) is 12.7. The molecule has 0 saturated heterocycles. The number of hydrogen-bond donors (Lipinski definition) is 1. The molecule has 4 aromatic rings. The molecule has 0 amide bonds. The van der Waals surface area contributed by atoms with Gasteiger partial charge >= 0.3 is 6.18 Å². The van der Waals surface area contributed by atoms with E-state index >= 15 is 0 Å². The van der Waals surface area contributed by atoms with Gasteiger partial charge in [-0.15, -0.1) is 0 Å². The van der Waals surface area contributed by atoms with Crippen LogP contribution in [0.25, 0.3) is 22.4 Å². The van der Waals surface area contributed by atoms with Gasteiger partial charge in [0, 0.05) is 11.6 Å². The number of nitrogens with zero attached hydrogens (tertiary/aromatic N) is 3. The molecule has 1 aliphatic rings. The first kappa shape index (κ1) is 18.4. The molecule has 4 heterocycles. The largest absolute Gasteiger partial charge is 0.451 e. The third-order valence-electron chi connectivity index (χ3n) is 5.01. The predicted octanol–water partition coefficient (Wildman–Crippen LogP) is 6.18. The van der Waals surface area contributed by atoms with Crippen LogP contribution in [-0.2, 0) is 6.18 Å². The molecule has 5 nitrogen and oxygen atoms in total. The average molecular weight is 408 g/mol. The lowest BCUT2D eigenvalue weighted by Gasteiger charge is -2.25. The van der Waals surface area contributed by atoms with Crippen LogP contribution < -0.4 is 10.1 Å². The van der Waals surface area contributed by atoms with Gasteiger partial charge in [-0.05, 0) is 55.8 Å². The van der Waals surface area contributed by atoms with Gasteiger partial charge in [0.25, 0.3) is 0 Å². The van der Waals surface area contributed by atoms with Gasteiger partial charge in [0.15, 0.2) is 17.1 Å². The number of benzene rings is 1. The topological polar surface area (TPSA) is 59.9 Å². The molecule has 5 rings (SSSR count). The van der Waals surface area contributed by atoms with Crippen LogP contribution in [0.3, 0.4) is 0 Å². The van der Waals surface area contributed by atoms with Crippen LogP contribution in [0.15, 0.2) is 48.7 Å². The third-order valence-corrected chi connectivity index (χ3v) is 5.01. The maximum absolute atomic E-state index is 13.0. The van der Waals surface area contributed by atoms with E-state index in [4.69, 9.17) is 4.74 Å². The van der Waals surface area contributed by atoms with E-state index in [1.165, 1.54) is 6.07 Å². The van der Waals surface area contributed by atoms with Crippen LogP contribution in [0.5, 0.6) is 11.5 Å². The second-order valence-corrected chi connectivity index (χ2v) is 7.07. The molecular weight excluding hydrogens is 393 g/mol. The molecule has 3 aromatic heterocycles. The highest BCUT2D eigenvalue weighted by atomic mass is 19.4. The number of ether oxygens (including phenoxy) is 1. The van der Waals surface area contributed by atoms with Gasteiger partial charge < -0.3 is 10.1 Å². The summed E-state index contributed by atoms with van der Waals surface area (Å²) in [7, 11) is 0. The van der Waals surface area contributed by atoms with Crippen LogP contribution in [0.4, 0.5) is 24.5 Å². The summed E-state index contributed by atoms with van der Waals surface area (Å²) in [6, 6.07) is 10.9. The summed E-state index contributed by atoms with van der Waals surface area (Å²) in [5, 5.41) is 3.89. The number of rotatable bonds is 1. The maximum atomic E-state index is 13.0. The number of alkyl halides is 3. The minimum Gasteiger partial charge on any atom is -0.451 e. The average Bonchev–Trinajstić information content (AvgIpc) is 2.72. The highest BCUT2D eigenvalue weighted by Gasteiger charge is 2.32. The van der Waals surface area contributed by atoms with E-state index in [2.05, 4.69) is 20.3 Å². The zero-order valence-corrected chi connectivity index (χ0v) is 16.0. The first-order valence-electron chi connectivity index (χ1n) is 9.21. The molecule has 150 valence electrons. The van der Waals surface area contributed by atoms with Crippen LogP contribution in [0.1, 0.15) is 16.8 Å². The van der Waals surface area contributed by atoms with E-state index in [9.17, 15) is 13.2 Å². The van der Waals surface area contributed by atoms with Crippen molar-refractivity contribution < 1.29 is 17.9 Å². The number of anilines is 2. The van der Waals surface area contributed by atoms with Gasteiger partial charge in [0.05, 0.1) is 34.0 Å². The quantitative estimate of drug-likeness (QED) is 0.359. The highest BCUT2D eigenvalue weighted by Crippen LogP contribution is 2.47. The summed E-state index contributed by atoms with van der Waals surface area (Å²) in [5.74, 6) is 0.494. The van der Waals surface area contributed by atoms with Crippen molar-refractivity contribution in [3.8, 4) is 22.9 Å². The summed E-state index contributed by atoms with van der Waals surface area (Å²) in [5.41, 5.74) is 3.79. The summed E-state index contributed by atoms with van der Waals surface area (Å²) in [6.45, 7) is 3.69. The summed E-state index contributed by atoms with van der Waals surface area (Å²) in [4.78, 5) is 13.6. The molecule has 0 atom stereocenters. The van der Waals surface area contributed by atoms with E-state index in [0.717, 1.165) is 23.4 Å². The second-order valence-electron chi connectivity index (χ2n) is 7.07. The number of fused-ring (bicyclic) bond motifs is 4. The fourth-order valence-electron chi connectivity index (χ4n) is 3.51. The molecule has 0 spiro atoms. The lowest BCUT2D eigenvalue weighted by Crippen LogP contribution is -2.10. The molecule has 0 saturated carbocycles. The fourth-order valence-corrected chi connectivity index (χ4v) is 3.51. The summed E-state index contributed by atoms with van der Waals surface area (Å²) in [6.07, 6.45) is -2.74. The van der Waals surface area contributed by atoms with Gasteiger partial charge in [-0.25, -0.2) is 9.97 Å². The number of nitrogens with one attached hydrogen (secondary N) is 1. The second kappa shape index (κ2) is 6.41. The zero-order chi connectivity index (χ0) is 21.0. The standard InChI is InChI=1S/C22H15F3N4O/c1-11-4-3-9-26-18(11)16-8-6-14-19-20(12(2)27-21(14)29-16)30-17-10-13(22(23,24)25)5-7-15(17)28-19/h3-10,28H,1-2H3. The fraction of sp³-hybridized carbons (Fsp3) is 0.136. The molecule has 8 heteroatoms. The number of aromatic nitrogens is 3. The highest BCUT2D eigenvalue weighted by molar-refractivity contribution is 5.98. The Kier molecular flexibility index (Phi) is 3.92. The molecule has 0 radical (unpaired) electrons. The summed E-state index contributed by atoms with van der Waals surface area (Å²) < 4.78 is 45.0. The Balaban J connectivity index is 1.62. The number of hydrogen-bond acceptors (Lipinski definition) is 5. The van der Waals surface area contributed by atoms with Crippen molar-refractivity contribution in [2.75, 3.05) is 5.32 Å². The monoisotopic (exact) mass is 408 g/mol. The van der Waals surface area contributed by atoms with Crippen molar-refractivity contribution in [1.29, 1.82) is 0 Å². The molecule has 0 fully saturated rings. The number of pyridine rings is 3. The van der Waals surface area contributed by atoms with Crippen molar-refractivity contribution >= 4 is 22.4 Å². The van der Waals surface area contributed by atoms with Gasteiger partial charge in [-0.2, -0.15) is 13.2 Å². The minimum atomic E-state index is -4.45. The van der Waals surface area contributed by atoms with Crippen LogP contribution >= 0.6 is 0 Å². The molecular formula is C22H15F3N4O. The molecule has 1 aromatic carbocycles. The first-order chi connectivity index (χ1) is 14.3. The molecule has 30 heavy (non-hydrogen) atoms. The lowest BCUT2D eigenvalue weighted by atomic mass is 10.1. The number of aryl methyl sites for hydroxylation is 2. The van der Waals surface area contributed by atoms with Gasteiger partial charge in [-0.1, -0.05) is 6.07 Å². The lowest BCUT2D eigenvalue weighted by molar-refractivity contribution is -0.137. The SMILES string of the molecule is Cc1cccnc1-c1ccc2c3c(c(C)nc2n1)Oc1cc(C(F)(F)F)ccc1N3. The van der Waals surface area contributed by atoms with Crippen molar-refractivity contribution in [3.05, 3.63) is 65.5 Å². The Morgan fingerprint density at radius 2 is 1.83 bits per heavy atom.